The summed E-state index contributed by atoms with van der Waals surface area (Å²) < 4.78 is 4.97. The van der Waals surface area contributed by atoms with Crippen LogP contribution in [0.5, 0.6) is 0 Å². The highest BCUT2D eigenvalue weighted by molar-refractivity contribution is 5.96. The Morgan fingerprint density at radius 1 is 1.18 bits per heavy atom. The van der Waals surface area contributed by atoms with Gasteiger partial charge in [0.1, 0.15) is 24.1 Å². The van der Waals surface area contributed by atoms with E-state index in [0.717, 1.165) is 6.92 Å². The second kappa shape index (κ2) is 9.49. The summed E-state index contributed by atoms with van der Waals surface area (Å²) in [6, 6.07) is -1.69. The van der Waals surface area contributed by atoms with Crippen LogP contribution in [0.3, 0.4) is 0 Å². The third kappa shape index (κ3) is 5.31. The van der Waals surface area contributed by atoms with Crippen molar-refractivity contribution < 1.29 is 54.6 Å². The fourth-order valence-electron chi connectivity index (χ4n) is 2.98. The first-order valence-corrected chi connectivity index (χ1v) is 8.46. The number of amides is 2. The standard InChI is InChI=1S/C16H25NO11/c1-7(19)3-4-11(23)17(8(2)20)12-9(21)5-16(27,15(25)26)28-14(12)13(24)10(22)6-18/h9-10,12-14,18,21-22,24,27H,3-6H2,1-2H3,(H,25,26)/t9-,10+,12+,13+,14+,16-/m0/s1. The summed E-state index contributed by atoms with van der Waals surface area (Å²) in [5.74, 6) is -7.03. The van der Waals surface area contributed by atoms with Crippen molar-refractivity contribution in [3.05, 3.63) is 0 Å². The quantitative estimate of drug-likeness (QED) is 0.236. The second-order valence-electron chi connectivity index (χ2n) is 6.66. The number of aliphatic hydroxyl groups is 5. The van der Waals surface area contributed by atoms with Gasteiger partial charge in [0.25, 0.3) is 5.79 Å². The third-order valence-corrected chi connectivity index (χ3v) is 4.40. The lowest BCUT2D eigenvalue weighted by Gasteiger charge is -2.47. The number of nitrogens with zero attached hydrogens (tertiary/aromatic N) is 1. The fraction of sp³-hybridized carbons (Fsp3) is 0.750. The molecule has 1 aliphatic rings. The first-order chi connectivity index (χ1) is 12.9. The molecule has 0 aromatic carbocycles. The number of imide groups is 1. The van der Waals surface area contributed by atoms with Gasteiger partial charge in [-0.05, 0) is 6.92 Å². The maximum Gasteiger partial charge on any atom is 0.364 e. The van der Waals surface area contributed by atoms with Crippen molar-refractivity contribution in [1.82, 2.24) is 4.90 Å². The second-order valence-corrected chi connectivity index (χ2v) is 6.66. The molecule has 6 atom stereocenters. The Hall–Kier alpha value is -1.96. The molecule has 6 N–H and O–H groups in total. The Kier molecular flexibility index (Phi) is 8.16. The molecule has 0 aromatic heterocycles. The number of Topliss-reactive ketones (excluding diaryl/α,β-unsaturated/α-hetero) is 1. The van der Waals surface area contributed by atoms with Crippen LogP contribution in [0.15, 0.2) is 0 Å². The van der Waals surface area contributed by atoms with Crippen LogP contribution >= 0.6 is 0 Å². The molecule has 0 unspecified atom stereocenters. The number of carboxylic acids is 1. The van der Waals surface area contributed by atoms with Crippen LogP contribution < -0.4 is 0 Å². The van der Waals surface area contributed by atoms with E-state index in [1.54, 1.807) is 0 Å². The molecule has 0 aromatic rings. The number of aliphatic hydroxyl groups excluding tert-OH is 4. The van der Waals surface area contributed by atoms with Crippen molar-refractivity contribution in [2.75, 3.05) is 6.61 Å². The number of rotatable bonds is 8. The van der Waals surface area contributed by atoms with Crippen molar-refractivity contribution in [3.63, 3.8) is 0 Å². The maximum atomic E-state index is 12.5. The molecule has 1 aliphatic heterocycles. The lowest BCUT2D eigenvalue weighted by molar-refractivity contribution is -0.302. The monoisotopic (exact) mass is 407 g/mol. The van der Waals surface area contributed by atoms with E-state index in [2.05, 4.69) is 0 Å². The van der Waals surface area contributed by atoms with Crippen molar-refractivity contribution in [3.8, 4) is 0 Å². The summed E-state index contributed by atoms with van der Waals surface area (Å²) in [6.45, 7) is 1.19. The van der Waals surface area contributed by atoms with Crippen LogP contribution in [0.1, 0.15) is 33.1 Å². The van der Waals surface area contributed by atoms with Crippen molar-refractivity contribution in [2.45, 2.75) is 69.4 Å². The molecule has 28 heavy (non-hydrogen) atoms. The van der Waals surface area contributed by atoms with Crippen LogP contribution in [0.2, 0.25) is 0 Å². The number of ether oxygens (including phenoxy) is 1. The summed E-state index contributed by atoms with van der Waals surface area (Å²) in [4.78, 5) is 47.4. The number of carbonyl (C=O) groups excluding carboxylic acids is 3. The molecule has 12 nitrogen and oxygen atoms in total. The molecule has 160 valence electrons. The van der Waals surface area contributed by atoms with Gasteiger partial charge < -0.3 is 40.2 Å². The Labute approximate surface area is 159 Å². The Morgan fingerprint density at radius 3 is 2.18 bits per heavy atom. The van der Waals surface area contributed by atoms with Gasteiger partial charge in [-0.25, -0.2) is 4.79 Å². The maximum absolute atomic E-state index is 12.5. The van der Waals surface area contributed by atoms with Crippen LogP contribution in [-0.2, 0) is 23.9 Å². The zero-order valence-electron chi connectivity index (χ0n) is 15.4. The zero-order chi connectivity index (χ0) is 21.8. The minimum absolute atomic E-state index is 0.210. The normalized spacial score (nSPS) is 29.6. The van der Waals surface area contributed by atoms with E-state index in [1.807, 2.05) is 0 Å². The first kappa shape index (κ1) is 24.1. The van der Waals surface area contributed by atoms with Crippen LogP contribution in [-0.4, -0.2) is 102 Å². The van der Waals surface area contributed by atoms with E-state index >= 15 is 0 Å². The lowest BCUT2D eigenvalue weighted by atomic mass is 9.87. The number of aliphatic carboxylic acids is 1. The number of hydrogen-bond acceptors (Lipinski definition) is 10. The average Bonchev–Trinajstić information content (AvgIpc) is 2.59. The van der Waals surface area contributed by atoms with Crippen LogP contribution in [0, 0.1) is 0 Å². The number of carbonyl (C=O) groups is 4. The Morgan fingerprint density at radius 2 is 1.75 bits per heavy atom. The number of ketones is 1. The summed E-state index contributed by atoms with van der Waals surface area (Å²) in [6.07, 6.45) is -9.34. The van der Waals surface area contributed by atoms with Gasteiger partial charge in [0.2, 0.25) is 11.8 Å². The van der Waals surface area contributed by atoms with Gasteiger partial charge in [0.15, 0.2) is 0 Å². The lowest BCUT2D eigenvalue weighted by Crippen LogP contribution is -2.68. The van der Waals surface area contributed by atoms with Gasteiger partial charge in [-0.3, -0.25) is 14.5 Å². The van der Waals surface area contributed by atoms with E-state index in [-0.39, 0.29) is 12.2 Å². The van der Waals surface area contributed by atoms with Crippen LogP contribution in [0.25, 0.3) is 0 Å². The highest BCUT2D eigenvalue weighted by Crippen LogP contribution is 2.33. The molecule has 1 fully saturated rings. The Balaban J connectivity index is 3.34. The minimum atomic E-state index is -2.97. The predicted molar refractivity (Wildman–Crippen MR) is 88.4 cm³/mol. The molecule has 1 saturated heterocycles. The van der Waals surface area contributed by atoms with E-state index in [9.17, 15) is 39.6 Å². The van der Waals surface area contributed by atoms with Crippen molar-refractivity contribution in [1.29, 1.82) is 0 Å². The van der Waals surface area contributed by atoms with Gasteiger partial charge in [-0.15, -0.1) is 0 Å². The molecule has 0 spiro atoms. The smallest absolute Gasteiger partial charge is 0.364 e. The van der Waals surface area contributed by atoms with Crippen molar-refractivity contribution in [2.24, 2.45) is 0 Å². The zero-order valence-corrected chi connectivity index (χ0v) is 15.4. The summed E-state index contributed by atoms with van der Waals surface area (Å²) in [5, 5.41) is 58.6. The van der Waals surface area contributed by atoms with Crippen LogP contribution in [0.4, 0.5) is 0 Å². The van der Waals surface area contributed by atoms with Gasteiger partial charge in [-0.1, -0.05) is 0 Å². The minimum Gasteiger partial charge on any atom is -0.477 e. The summed E-state index contributed by atoms with van der Waals surface area (Å²) in [7, 11) is 0. The summed E-state index contributed by atoms with van der Waals surface area (Å²) in [5.41, 5.74) is 0. The van der Waals surface area contributed by atoms with E-state index in [4.69, 9.17) is 14.9 Å². The van der Waals surface area contributed by atoms with Crippen molar-refractivity contribution >= 4 is 23.6 Å². The largest absolute Gasteiger partial charge is 0.477 e. The average molecular weight is 407 g/mol. The molecular weight excluding hydrogens is 382 g/mol. The highest BCUT2D eigenvalue weighted by atomic mass is 16.7. The number of hydrogen-bond donors (Lipinski definition) is 6. The predicted octanol–water partition coefficient (Wildman–Crippen LogP) is -3.26. The molecule has 1 heterocycles. The molecular formula is C16H25NO11. The number of carboxylic acid groups (broad SMARTS) is 1. The first-order valence-electron chi connectivity index (χ1n) is 8.46. The Bertz CT molecular complexity index is 624. The molecule has 0 saturated carbocycles. The van der Waals surface area contributed by atoms with Gasteiger partial charge >= 0.3 is 5.97 Å². The summed E-state index contributed by atoms with van der Waals surface area (Å²) >= 11 is 0. The fourth-order valence-corrected chi connectivity index (χ4v) is 2.98. The molecule has 1 rings (SSSR count). The topological polar surface area (TPSA) is 202 Å². The molecule has 0 radical (unpaired) electrons. The third-order valence-electron chi connectivity index (χ3n) is 4.40. The van der Waals surface area contributed by atoms with Gasteiger partial charge in [0.05, 0.1) is 18.8 Å². The molecule has 12 heteroatoms. The SMILES string of the molecule is CC(=O)CCC(=O)N(C(C)=O)[C@H]1[C@H]([C@H](O)[C@H](O)CO)O[C@](O)(C(=O)O)C[C@@H]1O. The van der Waals surface area contributed by atoms with E-state index in [0.29, 0.717) is 4.90 Å². The van der Waals surface area contributed by atoms with Gasteiger partial charge in [0, 0.05) is 26.2 Å². The van der Waals surface area contributed by atoms with E-state index in [1.165, 1.54) is 6.92 Å². The molecule has 0 bridgehead atoms. The van der Waals surface area contributed by atoms with E-state index < -0.39 is 73.5 Å². The molecule has 0 aliphatic carbocycles. The highest BCUT2D eigenvalue weighted by Gasteiger charge is 2.56. The van der Waals surface area contributed by atoms with Gasteiger partial charge in [-0.2, -0.15) is 0 Å². The molecule has 2 amide bonds.